The van der Waals surface area contributed by atoms with E-state index in [1.807, 2.05) is 6.08 Å². The Kier molecular flexibility index (Phi) is 1.72. The Morgan fingerprint density at radius 1 is 1.55 bits per heavy atom. The fourth-order valence-electron chi connectivity index (χ4n) is 1.74. The van der Waals surface area contributed by atoms with Gasteiger partial charge in [0.2, 0.25) is 0 Å². The number of hydrogen-bond acceptors (Lipinski definition) is 1. The highest BCUT2D eigenvalue weighted by molar-refractivity contribution is 9.11. The highest BCUT2D eigenvalue weighted by atomic mass is 79.9. The normalized spacial score (nSPS) is 29.5. The Morgan fingerprint density at radius 2 is 2.36 bits per heavy atom. The highest BCUT2D eigenvalue weighted by Crippen LogP contribution is 2.36. The van der Waals surface area contributed by atoms with Gasteiger partial charge in [0, 0.05) is 10.9 Å². The van der Waals surface area contributed by atoms with Gasteiger partial charge in [0.15, 0.2) is 5.78 Å². The average Bonchev–Trinajstić information content (AvgIpc) is 2.33. The van der Waals surface area contributed by atoms with E-state index >= 15 is 0 Å². The molecule has 2 aliphatic carbocycles. The van der Waals surface area contributed by atoms with Crippen molar-refractivity contribution in [3.8, 4) is 0 Å². The summed E-state index contributed by atoms with van der Waals surface area (Å²) in [5, 5.41) is 0. The minimum Gasteiger partial charge on any atom is -0.295 e. The SMILES string of the molecule is O=C1CCC2CC=C(Br)C=C12. The van der Waals surface area contributed by atoms with Crippen molar-refractivity contribution in [3.05, 3.63) is 22.2 Å². The number of carbonyl (C=O) groups excluding carboxylic acids is 1. The average molecular weight is 213 g/mol. The van der Waals surface area contributed by atoms with E-state index in [4.69, 9.17) is 0 Å². The smallest absolute Gasteiger partial charge is 0.159 e. The Morgan fingerprint density at radius 3 is 3.18 bits per heavy atom. The van der Waals surface area contributed by atoms with E-state index in [0.717, 1.165) is 29.3 Å². The van der Waals surface area contributed by atoms with Crippen LogP contribution >= 0.6 is 15.9 Å². The topological polar surface area (TPSA) is 17.1 Å². The number of allylic oxidation sites excluding steroid dienone is 4. The summed E-state index contributed by atoms with van der Waals surface area (Å²) in [6.07, 6.45) is 6.97. The van der Waals surface area contributed by atoms with Gasteiger partial charge < -0.3 is 0 Å². The molecule has 0 aromatic heterocycles. The first kappa shape index (κ1) is 7.29. The summed E-state index contributed by atoms with van der Waals surface area (Å²) in [4.78, 5) is 11.2. The number of fused-ring (bicyclic) bond motifs is 1. The quantitative estimate of drug-likeness (QED) is 0.604. The summed E-state index contributed by atoms with van der Waals surface area (Å²) < 4.78 is 1.07. The van der Waals surface area contributed by atoms with Crippen LogP contribution in [0.2, 0.25) is 0 Å². The lowest BCUT2D eigenvalue weighted by Crippen LogP contribution is -2.03. The minimum atomic E-state index is 0.347. The third-order valence-electron chi connectivity index (χ3n) is 2.37. The first-order chi connectivity index (χ1) is 5.27. The summed E-state index contributed by atoms with van der Waals surface area (Å²) >= 11 is 3.38. The summed E-state index contributed by atoms with van der Waals surface area (Å²) in [7, 11) is 0. The molecule has 2 heteroatoms. The number of halogens is 1. The van der Waals surface area contributed by atoms with Crippen molar-refractivity contribution in [2.75, 3.05) is 0 Å². The molecule has 1 saturated carbocycles. The van der Waals surface area contributed by atoms with Crippen LogP contribution in [0.1, 0.15) is 19.3 Å². The highest BCUT2D eigenvalue weighted by Gasteiger charge is 2.29. The molecule has 2 aliphatic rings. The number of Topliss-reactive ketones (excluding diaryl/α,β-unsaturated/α-hetero) is 1. The Bertz CT molecular complexity index is 263. The first-order valence-corrected chi connectivity index (χ1v) is 4.67. The molecule has 0 saturated heterocycles. The van der Waals surface area contributed by atoms with Crippen LogP contribution in [-0.4, -0.2) is 5.78 Å². The van der Waals surface area contributed by atoms with E-state index in [0.29, 0.717) is 11.7 Å². The van der Waals surface area contributed by atoms with Crippen molar-refractivity contribution in [3.63, 3.8) is 0 Å². The summed E-state index contributed by atoms with van der Waals surface area (Å²) in [5.41, 5.74) is 1.04. The van der Waals surface area contributed by atoms with Gasteiger partial charge >= 0.3 is 0 Å². The molecule has 0 aromatic rings. The molecule has 1 unspecified atom stereocenters. The number of hydrogen-bond donors (Lipinski definition) is 0. The van der Waals surface area contributed by atoms with E-state index in [2.05, 4.69) is 22.0 Å². The maximum atomic E-state index is 11.2. The molecule has 1 fully saturated rings. The van der Waals surface area contributed by atoms with Crippen LogP contribution in [0.15, 0.2) is 22.2 Å². The van der Waals surface area contributed by atoms with Crippen LogP contribution in [-0.2, 0) is 4.79 Å². The third kappa shape index (κ3) is 1.20. The number of rotatable bonds is 0. The van der Waals surface area contributed by atoms with E-state index in [-0.39, 0.29) is 0 Å². The lowest BCUT2D eigenvalue weighted by Gasteiger charge is -2.12. The standard InChI is InChI=1S/C9H9BrO/c10-7-3-1-6-2-4-9(11)8(6)5-7/h3,5-6H,1-2,4H2. The van der Waals surface area contributed by atoms with Gasteiger partial charge in [-0.3, -0.25) is 4.79 Å². The van der Waals surface area contributed by atoms with Gasteiger partial charge in [0.05, 0.1) is 0 Å². The molecule has 0 aliphatic heterocycles. The predicted molar refractivity (Wildman–Crippen MR) is 47.4 cm³/mol. The van der Waals surface area contributed by atoms with Gasteiger partial charge in [0.25, 0.3) is 0 Å². The van der Waals surface area contributed by atoms with Crippen LogP contribution in [0.25, 0.3) is 0 Å². The molecule has 0 amide bonds. The van der Waals surface area contributed by atoms with Crippen LogP contribution in [0.4, 0.5) is 0 Å². The van der Waals surface area contributed by atoms with Crippen molar-refractivity contribution in [1.82, 2.24) is 0 Å². The molecule has 2 rings (SSSR count). The Labute approximate surface area is 74.3 Å². The molecule has 0 radical (unpaired) electrons. The second kappa shape index (κ2) is 2.59. The monoisotopic (exact) mass is 212 g/mol. The lowest BCUT2D eigenvalue weighted by molar-refractivity contribution is -0.114. The molecule has 0 spiro atoms. The van der Waals surface area contributed by atoms with Gasteiger partial charge in [-0.2, -0.15) is 0 Å². The first-order valence-electron chi connectivity index (χ1n) is 3.88. The van der Waals surface area contributed by atoms with E-state index in [1.54, 1.807) is 0 Å². The zero-order chi connectivity index (χ0) is 7.84. The molecular weight excluding hydrogens is 204 g/mol. The van der Waals surface area contributed by atoms with Gasteiger partial charge in [-0.25, -0.2) is 0 Å². The van der Waals surface area contributed by atoms with E-state index < -0.39 is 0 Å². The van der Waals surface area contributed by atoms with E-state index in [1.165, 1.54) is 0 Å². The summed E-state index contributed by atoms with van der Waals surface area (Å²) in [5.74, 6) is 0.879. The van der Waals surface area contributed by atoms with Gasteiger partial charge in [-0.1, -0.05) is 22.0 Å². The molecule has 11 heavy (non-hydrogen) atoms. The van der Waals surface area contributed by atoms with Crippen LogP contribution in [0.5, 0.6) is 0 Å². The molecule has 0 aromatic carbocycles. The Balaban J connectivity index is 2.34. The van der Waals surface area contributed by atoms with Gasteiger partial charge in [-0.05, 0) is 30.4 Å². The fourth-order valence-corrected chi connectivity index (χ4v) is 2.17. The largest absolute Gasteiger partial charge is 0.295 e. The van der Waals surface area contributed by atoms with Crippen LogP contribution in [0, 0.1) is 5.92 Å². The molecule has 1 nitrogen and oxygen atoms in total. The Hall–Kier alpha value is -0.370. The predicted octanol–water partition coefficient (Wildman–Crippen LogP) is 2.57. The number of carbonyl (C=O) groups is 1. The second-order valence-corrected chi connectivity index (χ2v) is 4.00. The zero-order valence-corrected chi connectivity index (χ0v) is 7.73. The van der Waals surface area contributed by atoms with Crippen molar-refractivity contribution < 1.29 is 4.79 Å². The molecule has 0 N–H and O–H groups in total. The van der Waals surface area contributed by atoms with Crippen molar-refractivity contribution >= 4 is 21.7 Å². The molecule has 0 bridgehead atoms. The molecule has 58 valence electrons. The van der Waals surface area contributed by atoms with Crippen molar-refractivity contribution in [2.24, 2.45) is 5.92 Å². The van der Waals surface area contributed by atoms with E-state index in [9.17, 15) is 4.79 Å². The second-order valence-electron chi connectivity index (χ2n) is 3.08. The molecule has 0 heterocycles. The lowest BCUT2D eigenvalue weighted by atomic mass is 9.94. The van der Waals surface area contributed by atoms with Crippen LogP contribution < -0.4 is 0 Å². The summed E-state index contributed by atoms with van der Waals surface area (Å²) in [6.45, 7) is 0. The van der Waals surface area contributed by atoms with Crippen molar-refractivity contribution in [2.45, 2.75) is 19.3 Å². The summed E-state index contributed by atoms with van der Waals surface area (Å²) in [6, 6.07) is 0. The van der Waals surface area contributed by atoms with Crippen LogP contribution in [0.3, 0.4) is 0 Å². The van der Waals surface area contributed by atoms with Gasteiger partial charge in [-0.15, -0.1) is 0 Å². The minimum absolute atomic E-state index is 0.347. The van der Waals surface area contributed by atoms with Crippen molar-refractivity contribution in [1.29, 1.82) is 0 Å². The third-order valence-corrected chi connectivity index (χ3v) is 2.93. The maximum absolute atomic E-state index is 11.2. The number of ketones is 1. The zero-order valence-electron chi connectivity index (χ0n) is 6.14. The maximum Gasteiger partial charge on any atom is 0.159 e. The van der Waals surface area contributed by atoms with Gasteiger partial charge in [0.1, 0.15) is 0 Å². The fraction of sp³-hybridized carbons (Fsp3) is 0.444. The molecule has 1 atom stereocenters. The molecular formula is C9H9BrO.